The van der Waals surface area contributed by atoms with Crippen LogP contribution in [0.15, 0.2) is 61.2 Å². The van der Waals surface area contributed by atoms with Crippen molar-refractivity contribution in [1.82, 2.24) is 24.5 Å². The first-order valence-electron chi connectivity index (χ1n) is 10.9. The Morgan fingerprint density at radius 2 is 1.58 bits per heavy atom. The lowest BCUT2D eigenvalue weighted by Crippen LogP contribution is -2.46. The van der Waals surface area contributed by atoms with Crippen molar-refractivity contribution in [2.75, 3.05) is 11.1 Å². The lowest BCUT2D eigenvalue weighted by Gasteiger charge is -2.40. The second-order valence-electron chi connectivity index (χ2n) is 8.51. The highest BCUT2D eigenvalue weighted by atomic mass is 16.2. The first-order valence-corrected chi connectivity index (χ1v) is 10.9. The Morgan fingerprint density at radius 3 is 2.12 bits per heavy atom. The van der Waals surface area contributed by atoms with Gasteiger partial charge in [-0.25, -0.2) is 19.9 Å². The number of nitrogens with two attached hydrogens (primary N) is 1. The molecular weight excluding hydrogens is 414 g/mol. The highest BCUT2D eigenvalue weighted by Gasteiger charge is 2.45. The van der Waals surface area contributed by atoms with Crippen LogP contribution in [0.25, 0.3) is 22.5 Å². The number of anilines is 2. The Kier molecular flexibility index (Phi) is 5.12. The number of pyridine rings is 1. The Hall–Kier alpha value is -4.07. The van der Waals surface area contributed by atoms with Crippen molar-refractivity contribution in [3.63, 3.8) is 0 Å². The SMILES string of the molecule is Cc1cnc(-c2ccc(NC(=O)C3(c4ccc(-c5cnc(N)nc5)cc4)CCC3)nc2)n1C. The number of nitrogens with zero attached hydrogens (tertiary/aromatic N) is 5. The van der Waals surface area contributed by atoms with Gasteiger partial charge in [0.2, 0.25) is 11.9 Å². The van der Waals surface area contributed by atoms with E-state index in [1.54, 1.807) is 18.6 Å². The van der Waals surface area contributed by atoms with Gasteiger partial charge in [0.05, 0.1) is 5.41 Å². The maximum atomic E-state index is 13.3. The molecule has 33 heavy (non-hydrogen) atoms. The summed E-state index contributed by atoms with van der Waals surface area (Å²) in [5.74, 6) is 1.61. The third-order valence-corrected chi connectivity index (χ3v) is 6.57. The molecule has 0 aliphatic heterocycles. The largest absolute Gasteiger partial charge is 0.368 e. The number of hydrogen-bond acceptors (Lipinski definition) is 6. The Bertz CT molecular complexity index is 1290. The van der Waals surface area contributed by atoms with Gasteiger partial charge in [-0.3, -0.25) is 4.79 Å². The van der Waals surface area contributed by atoms with Crippen molar-refractivity contribution < 1.29 is 4.79 Å². The van der Waals surface area contributed by atoms with Crippen LogP contribution < -0.4 is 11.1 Å². The summed E-state index contributed by atoms with van der Waals surface area (Å²) in [6, 6.07) is 11.8. The van der Waals surface area contributed by atoms with Crippen LogP contribution in [-0.4, -0.2) is 30.4 Å². The van der Waals surface area contributed by atoms with Crippen LogP contribution in [-0.2, 0) is 17.3 Å². The van der Waals surface area contributed by atoms with E-state index in [0.29, 0.717) is 5.82 Å². The minimum Gasteiger partial charge on any atom is -0.368 e. The van der Waals surface area contributed by atoms with Crippen molar-refractivity contribution in [2.24, 2.45) is 7.05 Å². The van der Waals surface area contributed by atoms with E-state index in [1.165, 1.54) is 0 Å². The van der Waals surface area contributed by atoms with Crippen molar-refractivity contribution in [2.45, 2.75) is 31.6 Å². The molecule has 4 aromatic rings. The summed E-state index contributed by atoms with van der Waals surface area (Å²) in [7, 11) is 1.97. The van der Waals surface area contributed by atoms with Gasteiger partial charge in [-0.1, -0.05) is 30.7 Å². The molecule has 1 amide bonds. The summed E-state index contributed by atoms with van der Waals surface area (Å²) in [5.41, 5.74) is 9.90. The molecular formula is C25H25N7O. The van der Waals surface area contributed by atoms with Crippen LogP contribution in [0.1, 0.15) is 30.5 Å². The molecule has 0 atom stereocenters. The molecule has 0 bridgehead atoms. The van der Waals surface area contributed by atoms with Crippen molar-refractivity contribution in [3.8, 4) is 22.5 Å². The van der Waals surface area contributed by atoms with Gasteiger partial charge in [0.25, 0.3) is 0 Å². The fourth-order valence-electron chi connectivity index (χ4n) is 4.24. The van der Waals surface area contributed by atoms with Gasteiger partial charge in [0.1, 0.15) is 11.6 Å². The smallest absolute Gasteiger partial charge is 0.236 e. The van der Waals surface area contributed by atoms with Crippen molar-refractivity contribution in [1.29, 1.82) is 0 Å². The van der Waals surface area contributed by atoms with Crippen molar-refractivity contribution >= 4 is 17.7 Å². The van der Waals surface area contributed by atoms with Gasteiger partial charge in [-0.05, 0) is 43.0 Å². The van der Waals surface area contributed by atoms with Crippen LogP contribution in [0.4, 0.5) is 11.8 Å². The number of hydrogen-bond donors (Lipinski definition) is 2. The molecule has 0 spiro atoms. The van der Waals surface area contributed by atoms with E-state index in [0.717, 1.165) is 53.0 Å². The number of rotatable bonds is 5. The molecule has 3 N–H and O–H groups in total. The molecule has 5 rings (SSSR count). The molecule has 3 heterocycles. The Morgan fingerprint density at radius 1 is 0.909 bits per heavy atom. The van der Waals surface area contributed by atoms with Gasteiger partial charge in [0, 0.05) is 48.7 Å². The van der Waals surface area contributed by atoms with Gasteiger partial charge < -0.3 is 15.6 Å². The zero-order valence-electron chi connectivity index (χ0n) is 18.6. The first-order chi connectivity index (χ1) is 16.0. The maximum Gasteiger partial charge on any atom is 0.236 e. The average Bonchev–Trinajstić information content (AvgIpc) is 3.13. The monoisotopic (exact) mass is 439 g/mol. The Balaban J connectivity index is 1.34. The van der Waals surface area contributed by atoms with E-state index in [4.69, 9.17) is 5.73 Å². The molecule has 0 unspecified atom stereocenters. The zero-order chi connectivity index (χ0) is 23.0. The van der Waals surface area contributed by atoms with E-state index in [2.05, 4.69) is 25.3 Å². The number of nitrogen functional groups attached to an aromatic ring is 1. The van der Waals surface area contributed by atoms with Crippen molar-refractivity contribution in [3.05, 3.63) is 72.4 Å². The van der Waals surface area contributed by atoms with E-state index in [1.807, 2.05) is 61.1 Å². The van der Waals surface area contributed by atoms with Crippen LogP contribution in [0.2, 0.25) is 0 Å². The number of aromatic nitrogens is 5. The molecule has 1 aliphatic rings. The number of carbonyl (C=O) groups excluding carboxylic acids is 1. The standard InChI is InChI=1S/C25H25N7O/c1-16-12-28-22(32(16)2)18-6-9-21(27-13-18)31-23(33)25(10-3-11-25)20-7-4-17(5-8-20)19-14-29-24(26)30-15-19/h4-9,12-15H,3,10-11H2,1-2H3,(H2,26,29,30)(H,27,31,33). The minimum absolute atomic E-state index is 0.0228. The van der Waals surface area contributed by atoms with E-state index in [9.17, 15) is 4.79 Å². The highest BCUT2D eigenvalue weighted by molar-refractivity contribution is 5.99. The number of benzene rings is 1. The summed E-state index contributed by atoms with van der Waals surface area (Å²) >= 11 is 0. The molecule has 166 valence electrons. The van der Waals surface area contributed by atoms with Crippen LogP contribution >= 0.6 is 0 Å². The molecule has 1 saturated carbocycles. The third-order valence-electron chi connectivity index (χ3n) is 6.57. The van der Waals surface area contributed by atoms with Gasteiger partial charge in [0.15, 0.2) is 0 Å². The Labute approximate surface area is 192 Å². The number of carbonyl (C=O) groups is 1. The number of aryl methyl sites for hydroxylation is 1. The van der Waals surface area contributed by atoms with Gasteiger partial charge >= 0.3 is 0 Å². The topological polar surface area (TPSA) is 112 Å². The van der Waals surface area contributed by atoms with Gasteiger partial charge in [-0.15, -0.1) is 0 Å². The average molecular weight is 440 g/mol. The van der Waals surface area contributed by atoms with Gasteiger partial charge in [-0.2, -0.15) is 0 Å². The van der Waals surface area contributed by atoms with Crippen LogP contribution in [0.3, 0.4) is 0 Å². The molecule has 8 nitrogen and oxygen atoms in total. The predicted molar refractivity (Wildman–Crippen MR) is 127 cm³/mol. The molecule has 8 heteroatoms. The fourth-order valence-corrected chi connectivity index (χ4v) is 4.24. The zero-order valence-corrected chi connectivity index (χ0v) is 18.6. The van der Waals surface area contributed by atoms with E-state index < -0.39 is 5.41 Å². The molecule has 0 saturated heterocycles. The lowest BCUT2D eigenvalue weighted by molar-refractivity contribution is -0.124. The number of imidazole rings is 1. The fraction of sp³-hybridized carbons (Fsp3) is 0.240. The summed E-state index contributed by atoms with van der Waals surface area (Å²) in [5, 5.41) is 3.02. The van der Waals surface area contributed by atoms with Crippen LogP contribution in [0, 0.1) is 6.92 Å². The molecule has 0 radical (unpaired) electrons. The summed E-state index contributed by atoms with van der Waals surface area (Å²) in [6.45, 7) is 2.01. The molecule has 1 aromatic carbocycles. The van der Waals surface area contributed by atoms with E-state index >= 15 is 0 Å². The van der Waals surface area contributed by atoms with E-state index in [-0.39, 0.29) is 11.9 Å². The summed E-state index contributed by atoms with van der Waals surface area (Å²) in [6.07, 6.45) is 9.62. The maximum absolute atomic E-state index is 13.3. The lowest BCUT2D eigenvalue weighted by atomic mass is 9.63. The second-order valence-corrected chi connectivity index (χ2v) is 8.51. The molecule has 1 fully saturated rings. The second kappa shape index (κ2) is 8.12. The van der Waals surface area contributed by atoms with Crippen LogP contribution in [0.5, 0.6) is 0 Å². The highest BCUT2D eigenvalue weighted by Crippen LogP contribution is 2.45. The third kappa shape index (κ3) is 3.73. The minimum atomic E-state index is -0.534. The normalized spacial score (nSPS) is 14.5. The predicted octanol–water partition coefficient (Wildman–Crippen LogP) is 3.89. The number of amides is 1. The first kappa shape index (κ1) is 20.8. The quantitative estimate of drug-likeness (QED) is 0.488. The number of nitrogens with one attached hydrogen (secondary N) is 1. The summed E-state index contributed by atoms with van der Waals surface area (Å²) < 4.78 is 2.01. The molecule has 1 aliphatic carbocycles. The summed E-state index contributed by atoms with van der Waals surface area (Å²) in [4.78, 5) is 30.3. The molecule has 3 aromatic heterocycles.